The van der Waals surface area contributed by atoms with Gasteiger partial charge in [0.05, 0.1) is 5.56 Å². The number of carbonyl (C=O) groups excluding carboxylic acids is 2. The molecular weight excluding hydrogens is 382 g/mol. The quantitative estimate of drug-likeness (QED) is 0.537. The van der Waals surface area contributed by atoms with Gasteiger partial charge in [-0.05, 0) is 43.7 Å². The Hall–Kier alpha value is -2.92. The van der Waals surface area contributed by atoms with E-state index in [1.54, 1.807) is 0 Å². The van der Waals surface area contributed by atoms with Gasteiger partial charge in [-0.1, -0.05) is 60.2 Å². The summed E-state index contributed by atoms with van der Waals surface area (Å²) >= 11 is 1.51. The fourth-order valence-corrected chi connectivity index (χ4v) is 4.87. The minimum absolute atomic E-state index is 0.0391. The summed E-state index contributed by atoms with van der Waals surface area (Å²) in [4.78, 5) is 26.9. The van der Waals surface area contributed by atoms with Crippen LogP contribution in [-0.4, -0.2) is 11.9 Å². The summed E-state index contributed by atoms with van der Waals surface area (Å²) in [7, 11) is 0. The average Bonchev–Trinajstić information content (AvgIpc) is 3.10. The smallest absolute Gasteiger partial charge is 0.412 e. The molecule has 1 amide bonds. The van der Waals surface area contributed by atoms with Gasteiger partial charge < -0.3 is 4.74 Å². The number of rotatable bonds is 5. The summed E-state index contributed by atoms with van der Waals surface area (Å²) in [6.07, 6.45) is 3.47. The van der Waals surface area contributed by atoms with Crippen molar-refractivity contribution in [1.82, 2.24) is 0 Å². The topological polar surface area (TPSA) is 55.4 Å². The number of fused-ring (bicyclic) bond motifs is 1. The second-order valence-electron chi connectivity index (χ2n) is 7.30. The summed E-state index contributed by atoms with van der Waals surface area (Å²) in [6.45, 7) is 2.19. The van der Waals surface area contributed by atoms with Crippen molar-refractivity contribution in [1.29, 1.82) is 0 Å². The third kappa shape index (κ3) is 4.40. The molecule has 0 atom stereocenters. The van der Waals surface area contributed by atoms with Crippen LogP contribution in [0.4, 0.5) is 9.80 Å². The van der Waals surface area contributed by atoms with E-state index in [0.29, 0.717) is 16.1 Å². The predicted molar refractivity (Wildman–Crippen MR) is 116 cm³/mol. The maximum Gasteiger partial charge on any atom is 0.412 e. The molecule has 0 unspecified atom stereocenters. The molecule has 29 heavy (non-hydrogen) atoms. The molecule has 3 aromatic rings. The summed E-state index contributed by atoms with van der Waals surface area (Å²) in [5, 5.41) is 3.43. The zero-order chi connectivity index (χ0) is 20.2. The maximum atomic E-state index is 13.3. The van der Waals surface area contributed by atoms with Crippen molar-refractivity contribution >= 4 is 28.2 Å². The highest BCUT2D eigenvalue weighted by Crippen LogP contribution is 2.39. The number of ether oxygens (including phenoxy) is 1. The highest BCUT2D eigenvalue weighted by atomic mass is 32.1. The van der Waals surface area contributed by atoms with E-state index < -0.39 is 6.09 Å². The zero-order valence-electron chi connectivity index (χ0n) is 16.4. The molecule has 4 rings (SSSR count). The SMILES string of the molecule is Cc1ccc(C(=O)c2c(NC(=O)OCc3ccccc3)sc3c2CCCC3)cc1. The molecular formula is C24H23NO3S. The average molecular weight is 406 g/mol. The first-order valence-corrected chi connectivity index (χ1v) is 10.7. The van der Waals surface area contributed by atoms with Crippen molar-refractivity contribution < 1.29 is 14.3 Å². The van der Waals surface area contributed by atoms with Crippen LogP contribution in [0.2, 0.25) is 0 Å². The molecule has 1 aliphatic carbocycles. The number of thiophene rings is 1. The predicted octanol–water partition coefficient (Wildman–Crippen LogP) is 5.92. The number of nitrogens with one attached hydrogen (secondary N) is 1. The van der Waals surface area contributed by atoms with Crippen molar-refractivity contribution in [2.24, 2.45) is 0 Å². The van der Waals surface area contributed by atoms with Crippen molar-refractivity contribution in [2.75, 3.05) is 5.32 Å². The first kappa shape index (κ1) is 19.4. The molecule has 2 aromatic carbocycles. The summed E-state index contributed by atoms with van der Waals surface area (Å²) in [6, 6.07) is 17.1. The highest BCUT2D eigenvalue weighted by Gasteiger charge is 2.27. The van der Waals surface area contributed by atoms with Crippen LogP contribution in [0.3, 0.4) is 0 Å². The fourth-order valence-electron chi connectivity index (χ4n) is 3.60. The Bertz CT molecular complexity index is 1020. The molecule has 0 fully saturated rings. The van der Waals surface area contributed by atoms with E-state index >= 15 is 0 Å². The van der Waals surface area contributed by atoms with Crippen molar-refractivity contribution in [3.05, 3.63) is 87.3 Å². The monoisotopic (exact) mass is 405 g/mol. The standard InChI is InChI=1S/C24H23NO3S/c1-16-11-13-18(14-12-16)22(26)21-19-9-5-6-10-20(19)29-23(21)25-24(27)28-15-17-7-3-2-4-8-17/h2-4,7-8,11-14H,5-6,9-10,15H2,1H3,(H,25,27). The summed E-state index contributed by atoms with van der Waals surface area (Å²) in [5.74, 6) is -0.0391. The van der Waals surface area contributed by atoms with E-state index in [-0.39, 0.29) is 12.4 Å². The second kappa shape index (κ2) is 8.62. The number of anilines is 1. The van der Waals surface area contributed by atoms with Gasteiger partial charge in [0.25, 0.3) is 0 Å². The van der Waals surface area contributed by atoms with Gasteiger partial charge in [0.2, 0.25) is 0 Å². The number of hydrogen-bond donors (Lipinski definition) is 1. The van der Waals surface area contributed by atoms with Crippen molar-refractivity contribution in [3.63, 3.8) is 0 Å². The van der Waals surface area contributed by atoms with E-state index in [0.717, 1.165) is 42.4 Å². The first-order valence-electron chi connectivity index (χ1n) is 9.85. The molecule has 0 saturated heterocycles. The Balaban J connectivity index is 1.57. The lowest BCUT2D eigenvalue weighted by Gasteiger charge is -2.13. The minimum Gasteiger partial charge on any atom is -0.444 e. The Morgan fingerprint density at radius 3 is 2.48 bits per heavy atom. The largest absolute Gasteiger partial charge is 0.444 e. The fraction of sp³-hybridized carbons (Fsp3) is 0.250. The number of ketones is 1. The van der Waals surface area contributed by atoms with Crippen LogP contribution in [-0.2, 0) is 24.2 Å². The molecule has 1 N–H and O–H groups in total. The van der Waals surface area contributed by atoms with Crippen LogP contribution in [0.25, 0.3) is 0 Å². The normalized spacial score (nSPS) is 12.9. The number of benzene rings is 2. The van der Waals surface area contributed by atoms with Crippen molar-refractivity contribution in [2.45, 2.75) is 39.2 Å². The zero-order valence-corrected chi connectivity index (χ0v) is 17.2. The molecule has 0 radical (unpaired) electrons. The highest BCUT2D eigenvalue weighted by molar-refractivity contribution is 7.17. The lowest BCUT2D eigenvalue weighted by molar-refractivity contribution is 0.103. The second-order valence-corrected chi connectivity index (χ2v) is 8.40. The van der Waals surface area contributed by atoms with Crippen LogP contribution in [0.15, 0.2) is 54.6 Å². The number of aryl methyl sites for hydroxylation is 2. The first-order chi connectivity index (χ1) is 14.1. The molecule has 0 spiro atoms. The van der Waals surface area contributed by atoms with Gasteiger partial charge in [0.15, 0.2) is 5.78 Å². The Kier molecular flexibility index (Phi) is 5.76. The van der Waals surface area contributed by atoms with E-state index in [1.807, 2.05) is 61.5 Å². The molecule has 148 valence electrons. The van der Waals surface area contributed by atoms with Crippen LogP contribution in [0.1, 0.15) is 50.3 Å². The minimum atomic E-state index is -0.537. The molecule has 1 aliphatic rings. The molecule has 0 saturated carbocycles. The van der Waals surface area contributed by atoms with Gasteiger partial charge >= 0.3 is 6.09 Å². The van der Waals surface area contributed by atoms with Gasteiger partial charge in [-0.2, -0.15) is 0 Å². The van der Waals surface area contributed by atoms with Crippen LogP contribution in [0.5, 0.6) is 0 Å². The Morgan fingerprint density at radius 1 is 1.00 bits per heavy atom. The molecule has 1 heterocycles. The molecule has 4 nitrogen and oxygen atoms in total. The van der Waals surface area contributed by atoms with E-state index in [2.05, 4.69) is 5.32 Å². The van der Waals surface area contributed by atoms with Gasteiger partial charge in [-0.3, -0.25) is 10.1 Å². The van der Waals surface area contributed by atoms with Gasteiger partial charge in [0, 0.05) is 10.4 Å². The third-order valence-corrected chi connectivity index (χ3v) is 6.35. The lowest BCUT2D eigenvalue weighted by atomic mass is 9.92. The van der Waals surface area contributed by atoms with Crippen LogP contribution >= 0.6 is 11.3 Å². The van der Waals surface area contributed by atoms with Crippen molar-refractivity contribution in [3.8, 4) is 0 Å². The van der Waals surface area contributed by atoms with Crippen LogP contribution < -0.4 is 5.32 Å². The maximum absolute atomic E-state index is 13.3. The lowest BCUT2D eigenvalue weighted by Crippen LogP contribution is -2.16. The summed E-state index contributed by atoms with van der Waals surface area (Å²) < 4.78 is 5.37. The number of amides is 1. The van der Waals surface area contributed by atoms with Gasteiger partial charge in [0.1, 0.15) is 11.6 Å². The van der Waals surface area contributed by atoms with E-state index in [9.17, 15) is 9.59 Å². The van der Waals surface area contributed by atoms with Crippen LogP contribution in [0, 0.1) is 6.92 Å². The number of carbonyl (C=O) groups is 2. The van der Waals surface area contributed by atoms with Gasteiger partial charge in [-0.15, -0.1) is 11.3 Å². The number of hydrogen-bond acceptors (Lipinski definition) is 4. The van der Waals surface area contributed by atoms with Gasteiger partial charge in [-0.25, -0.2) is 4.79 Å². The summed E-state index contributed by atoms with van der Waals surface area (Å²) in [5.41, 5.74) is 4.39. The molecule has 5 heteroatoms. The molecule has 0 bridgehead atoms. The third-order valence-electron chi connectivity index (χ3n) is 5.14. The van der Waals surface area contributed by atoms with E-state index in [4.69, 9.17) is 4.74 Å². The van der Waals surface area contributed by atoms with E-state index in [1.165, 1.54) is 16.2 Å². The Morgan fingerprint density at radius 2 is 1.72 bits per heavy atom. The molecule has 0 aliphatic heterocycles. The molecule has 1 aromatic heterocycles. The Labute approximate surface area is 174 Å².